The van der Waals surface area contributed by atoms with Gasteiger partial charge in [-0.15, -0.1) is 0 Å². The molecule has 1 nitrogen and oxygen atoms in total. The number of allylic oxidation sites excluding steroid dienone is 3. The second kappa shape index (κ2) is 12.2. The molecule has 1 atom stereocenters. The summed E-state index contributed by atoms with van der Waals surface area (Å²) in [5, 5.41) is 9.98. The molecule has 0 saturated carbocycles. The van der Waals surface area contributed by atoms with Gasteiger partial charge in [0, 0.05) is 0 Å². The van der Waals surface area contributed by atoms with Gasteiger partial charge in [-0.05, 0) is 46.0 Å². The van der Waals surface area contributed by atoms with Crippen LogP contribution in [0.1, 0.15) is 86.0 Å². The molecular formula is C19H36O. The van der Waals surface area contributed by atoms with E-state index in [2.05, 4.69) is 40.7 Å². The first-order valence-corrected chi connectivity index (χ1v) is 8.40. The Hall–Kier alpha value is -0.560. The smallest absolute Gasteiger partial charge is 0.0723 e. The lowest BCUT2D eigenvalue weighted by Crippen LogP contribution is -2.03. The van der Waals surface area contributed by atoms with Crippen LogP contribution in [0.4, 0.5) is 0 Å². The van der Waals surface area contributed by atoms with E-state index < -0.39 is 0 Å². The molecule has 0 amide bonds. The Morgan fingerprint density at radius 1 is 0.950 bits per heavy atom. The van der Waals surface area contributed by atoms with Crippen LogP contribution >= 0.6 is 0 Å². The average Bonchev–Trinajstić information content (AvgIpc) is 2.32. The van der Waals surface area contributed by atoms with Crippen LogP contribution < -0.4 is 0 Å². The Morgan fingerprint density at radius 3 is 2.10 bits per heavy atom. The van der Waals surface area contributed by atoms with E-state index in [9.17, 15) is 5.11 Å². The molecule has 20 heavy (non-hydrogen) atoms. The van der Waals surface area contributed by atoms with Crippen molar-refractivity contribution in [3.8, 4) is 0 Å². The fourth-order valence-corrected chi connectivity index (χ4v) is 2.34. The minimum absolute atomic E-state index is 0.244. The Morgan fingerprint density at radius 2 is 1.55 bits per heavy atom. The summed E-state index contributed by atoms with van der Waals surface area (Å²) in [6.07, 6.45) is 13.5. The normalized spacial score (nSPS) is 13.7. The summed E-state index contributed by atoms with van der Waals surface area (Å²) < 4.78 is 0. The second-order valence-electron chi connectivity index (χ2n) is 6.79. The highest BCUT2D eigenvalue weighted by Crippen LogP contribution is 2.13. The van der Waals surface area contributed by atoms with Gasteiger partial charge in [-0.2, -0.15) is 0 Å². The van der Waals surface area contributed by atoms with Crippen LogP contribution in [-0.2, 0) is 0 Å². The van der Waals surface area contributed by atoms with E-state index in [0.717, 1.165) is 31.6 Å². The number of rotatable bonds is 11. The molecule has 0 rings (SSSR count). The molecule has 1 heteroatoms. The van der Waals surface area contributed by atoms with Gasteiger partial charge in [0.05, 0.1) is 6.10 Å². The molecule has 0 bridgehead atoms. The predicted octanol–water partition coefficient (Wildman–Crippen LogP) is 6.04. The lowest BCUT2D eigenvalue weighted by molar-refractivity contribution is 0.206. The summed E-state index contributed by atoms with van der Waals surface area (Å²) in [6, 6.07) is 0. The lowest BCUT2D eigenvalue weighted by Gasteiger charge is -2.08. The van der Waals surface area contributed by atoms with E-state index in [0.29, 0.717) is 0 Å². The molecule has 0 aliphatic heterocycles. The highest BCUT2D eigenvalue weighted by molar-refractivity contribution is 5.04. The maximum absolute atomic E-state index is 9.98. The number of hydrogen-bond donors (Lipinski definition) is 1. The summed E-state index contributed by atoms with van der Waals surface area (Å²) in [6.45, 7) is 11.0. The summed E-state index contributed by atoms with van der Waals surface area (Å²) in [5.74, 6) is 0.826. The molecule has 0 fully saturated rings. The maximum atomic E-state index is 9.98. The van der Waals surface area contributed by atoms with Crippen molar-refractivity contribution in [3.05, 3.63) is 23.3 Å². The molecule has 0 radical (unpaired) electrons. The minimum Gasteiger partial charge on any atom is -0.389 e. The monoisotopic (exact) mass is 280 g/mol. The molecule has 0 spiro atoms. The van der Waals surface area contributed by atoms with E-state index in [1.165, 1.54) is 36.8 Å². The summed E-state index contributed by atoms with van der Waals surface area (Å²) in [4.78, 5) is 0. The topological polar surface area (TPSA) is 20.2 Å². The zero-order valence-corrected chi connectivity index (χ0v) is 14.4. The first-order valence-electron chi connectivity index (χ1n) is 8.40. The standard InChI is InChI=1S/C19H36O/c1-16(2)11-8-6-7-9-14-19(20)15-18(5)13-10-12-17(3)4/h12,15-16,19-20H,6-11,13-14H2,1-5H3. The van der Waals surface area contributed by atoms with Gasteiger partial charge in [-0.25, -0.2) is 0 Å². The SMILES string of the molecule is CC(C)=CCCC(C)=CC(O)CCCCCCC(C)C. The number of hydrogen-bond acceptors (Lipinski definition) is 1. The Kier molecular flexibility index (Phi) is 11.9. The predicted molar refractivity (Wildman–Crippen MR) is 91.0 cm³/mol. The first-order chi connectivity index (χ1) is 9.41. The van der Waals surface area contributed by atoms with Crippen molar-refractivity contribution in [1.29, 1.82) is 0 Å². The second-order valence-corrected chi connectivity index (χ2v) is 6.79. The zero-order valence-electron chi connectivity index (χ0n) is 14.4. The van der Waals surface area contributed by atoms with Gasteiger partial charge in [0.2, 0.25) is 0 Å². The third kappa shape index (κ3) is 13.9. The fraction of sp³-hybridized carbons (Fsp3) is 0.789. The van der Waals surface area contributed by atoms with E-state index in [-0.39, 0.29) is 6.10 Å². The van der Waals surface area contributed by atoms with Crippen molar-refractivity contribution in [2.75, 3.05) is 0 Å². The number of aliphatic hydroxyl groups excluding tert-OH is 1. The third-order valence-electron chi connectivity index (χ3n) is 3.60. The van der Waals surface area contributed by atoms with E-state index in [4.69, 9.17) is 0 Å². The van der Waals surface area contributed by atoms with Crippen molar-refractivity contribution < 1.29 is 5.11 Å². The van der Waals surface area contributed by atoms with Crippen LogP contribution in [-0.4, -0.2) is 11.2 Å². The van der Waals surface area contributed by atoms with Gasteiger partial charge in [0.1, 0.15) is 0 Å². The van der Waals surface area contributed by atoms with Crippen molar-refractivity contribution in [3.63, 3.8) is 0 Å². The van der Waals surface area contributed by atoms with Gasteiger partial charge in [-0.3, -0.25) is 0 Å². The fourth-order valence-electron chi connectivity index (χ4n) is 2.34. The van der Waals surface area contributed by atoms with Crippen molar-refractivity contribution >= 4 is 0 Å². The van der Waals surface area contributed by atoms with Gasteiger partial charge in [0.15, 0.2) is 0 Å². The number of aliphatic hydroxyl groups is 1. The van der Waals surface area contributed by atoms with Crippen LogP contribution in [0.3, 0.4) is 0 Å². The van der Waals surface area contributed by atoms with Gasteiger partial charge >= 0.3 is 0 Å². The van der Waals surface area contributed by atoms with Crippen LogP contribution in [0.2, 0.25) is 0 Å². The molecule has 1 unspecified atom stereocenters. The molecule has 0 aromatic rings. The summed E-state index contributed by atoms with van der Waals surface area (Å²) >= 11 is 0. The summed E-state index contributed by atoms with van der Waals surface area (Å²) in [7, 11) is 0. The molecule has 0 saturated heterocycles. The molecule has 0 aromatic carbocycles. The zero-order chi connectivity index (χ0) is 15.4. The number of unbranched alkanes of at least 4 members (excludes halogenated alkanes) is 3. The van der Waals surface area contributed by atoms with Crippen LogP contribution in [0.25, 0.3) is 0 Å². The van der Waals surface area contributed by atoms with E-state index >= 15 is 0 Å². The Labute approximate surface area is 127 Å². The highest BCUT2D eigenvalue weighted by Gasteiger charge is 2.01. The molecule has 1 N–H and O–H groups in total. The van der Waals surface area contributed by atoms with Crippen molar-refractivity contribution in [2.24, 2.45) is 5.92 Å². The van der Waals surface area contributed by atoms with Crippen LogP contribution in [0.5, 0.6) is 0 Å². The quantitative estimate of drug-likeness (QED) is 0.361. The average molecular weight is 280 g/mol. The summed E-state index contributed by atoms with van der Waals surface area (Å²) in [5.41, 5.74) is 2.69. The highest BCUT2D eigenvalue weighted by atomic mass is 16.3. The molecule has 0 aliphatic rings. The van der Waals surface area contributed by atoms with E-state index in [1.807, 2.05) is 6.08 Å². The van der Waals surface area contributed by atoms with Crippen molar-refractivity contribution in [1.82, 2.24) is 0 Å². The van der Waals surface area contributed by atoms with Crippen LogP contribution in [0, 0.1) is 5.92 Å². The largest absolute Gasteiger partial charge is 0.389 e. The molecule has 0 heterocycles. The molecular weight excluding hydrogens is 244 g/mol. The van der Waals surface area contributed by atoms with Gasteiger partial charge in [0.25, 0.3) is 0 Å². The lowest BCUT2D eigenvalue weighted by atomic mass is 10.0. The Balaban J connectivity index is 3.65. The Bertz CT molecular complexity index is 282. The van der Waals surface area contributed by atoms with Crippen LogP contribution in [0.15, 0.2) is 23.3 Å². The first kappa shape index (κ1) is 19.4. The van der Waals surface area contributed by atoms with E-state index in [1.54, 1.807) is 0 Å². The maximum Gasteiger partial charge on any atom is 0.0723 e. The van der Waals surface area contributed by atoms with Gasteiger partial charge < -0.3 is 5.11 Å². The molecule has 0 aromatic heterocycles. The minimum atomic E-state index is -0.244. The molecule has 118 valence electrons. The van der Waals surface area contributed by atoms with Gasteiger partial charge in [-0.1, -0.05) is 69.2 Å². The molecule has 0 aliphatic carbocycles. The van der Waals surface area contributed by atoms with Crippen molar-refractivity contribution in [2.45, 2.75) is 92.1 Å². The third-order valence-corrected chi connectivity index (χ3v) is 3.60.